The summed E-state index contributed by atoms with van der Waals surface area (Å²) in [5.41, 5.74) is 4.28. The van der Waals surface area contributed by atoms with Crippen LogP contribution in [0.25, 0.3) is 11.1 Å². The standard InChI is InChI=1S/C22H26N2O2/c1-2-24-14-8-13-17-18(15-9-4-3-5-10-15)19(22(25)26)20(23-21(17)24)16-11-6-7-12-16/h3-5,9-10,16H,2,6-8,11-14H2,1H3,(H,25,26). The van der Waals surface area contributed by atoms with Crippen LogP contribution in [0, 0.1) is 0 Å². The number of aromatic carboxylic acids is 1. The Kier molecular flexibility index (Phi) is 4.66. The Bertz CT molecular complexity index is 811. The van der Waals surface area contributed by atoms with E-state index in [9.17, 15) is 9.90 Å². The minimum absolute atomic E-state index is 0.273. The molecule has 0 bridgehead atoms. The number of nitrogens with zero attached hydrogens (tertiary/aromatic N) is 2. The molecule has 136 valence electrons. The third kappa shape index (κ3) is 2.87. The van der Waals surface area contributed by atoms with Crippen LogP contribution in [0.3, 0.4) is 0 Å². The van der Waals surface area contributed by atoms with E-state index < -0.39 is 5.97 Å². The van der Waals surface area contributed by atoms with Gasteiger partial charge in [-0.05, 0) is 38.2 Å². The van der Waals surface area contributed by atoms with Gasteiger partial charge in [0.25, 0.3) is 0 Å². The Morgan fingerprint density at radius 2 is 1.92 bits per heavy atom. The smallest absolute Gasteiger partial charge is 0.338 e. The third-order valence-corrected chi connectivity index (χ3v) is 5.86. The van der Waals surface area contributed by atoms with Gasteiger partial charge in [-0.2, -0.15) is 0 Å². The molecule has 26 heavy (non-hydrogen) atoms. The van der Waals surface area contributed by atoms with Gasteiger partial charge in [-0.3, -0.25) is 0 Å². The Morgan fingerprint density at radius 1 is 1.19 bits per heavy atom. The minimum Gasteiger partial charge on any atom is -0.478 e. The first-order chi connectivity index (χ1) is 12.7. The van der Waals surface area contributed by atoms with E-state index in [4.69, 9.17) is 4.98 Å². The van der Waals surface area contributed by atoms with Crippen LogP contribution in [-0.4, -0.2) is 29.1 Å². The number of rotatable bonds is 4. The first kappa shape index (κ1) is 17.1. The zero-order valence-corrected chi connectivity index (χ0v) is 15.4. The summed E-state index contributed by atoms with van der Waals surface area (Å²) >= 11 is 0. The summed E-state index contributed by atoms with van der Waals surface area (Å²) in [6.07, 6.45) is 6.37. The van der Waals surface area contributed by atoms with Gasteiger partial charge in [-0.15, -0.1) is 0 Å². The Morgan fingerprint density at radius 3 is 2.58 bits per heavy atom. The Hall–Kier alpha value is -2.36. The van der Waals surface area contributed by atoms with Crippen LogP contribution < -0.4 is 4.90 Å². The van der Waals surface area contributed by atoms with E-state index in [-0.39, 0.29) is 5.92 Å². The van der Waals surface area contributed by atoms with E-state index in [0.29, 0.717) is 5.56 Å². The van der Waals surface area contributed by atoms with Crippen molar-refractivity contribution < 1.29 is 9.90 Å². The summed E-state index contributed by atoms with van der Waals surface area (Å²) in [6.45, 7) is 4.06. The van der Waals surface area contributed by atoms with Gasteiger partial charge < -0.3 is 10.0 Å². The van der Waals surface area contributed by atoms with Gasteiger partial charge in [0.15, 0.2) is 0 Å². The molecular formula is C22H26N2O2. The number of benzene rings is 1. The Balaban J connectivity index is 2.02. The molecule has 1 aliphatic carbocycles. The molecule has 0 atom stereocenters. The minimum atomic E-state index is -0.838. The van der Waals surface area contributed by atoms with Crippen molar-refractivity contribution >= 4 is 11.8 Å². The van der Waals surface area contributed by atoms with Gasteiger partial charge in [-0.1, -0.05) is 43.2 Å². The van der Waals surface area contributed by atoms with E-state index >= 15 is 0 Å². The fourth-order valence-corrected chi connectivity index (χ4v) is 4.62. The molecule has 2 heterocycles. The van der Waals surface area contributed by atoms with Crippen LogP contribution >= 0.6 is 0 Å². The molecule has 2 aromatic rings. The molecule has 1 aliphatic heterocycles. The highest BCUT2D eigenvalue weighted by molar-refractivity contribution is 5.99. The summed E-state index contributed by atoms with van der Waals surface area (Å²) in [5, 5.41) is 10.1. The maximum absolute atomic E-state index is 12.4. The average Bonchev–Trinajstić information content (AvgIpc) is 3.21. The second-order valence-corrected chi connectivity index (χ2v) is 7.38. The molecule has 4 rings (SSSR count). The van der Waals surface area contributed by atoms with Crippen molar-refractivity contribution in [1.29, 1.82) is 0 Å². The van der Waals surface area contributed by atoms with Crippen molar-refractivity contribution in [2.24, 2.45) is 0 Å². The summed E-state index contributed by atoms with van der Waals surface area (Å²) in [6, 6.07) is 10.0. The maximum Gasteiger partial charge on any atom is 0.338 e. The molecule has 0 radical (unpaired) electrons. The predicted octanol–water partition coefficient (Wildman–Crippen LogP) is 4.88. The number of carboxylic acids is 1. The SMILES string of the molecule is CCN1CCCc2c1nc(C1CCCC1)c(C(=O)O)c2-c1ccccc1. The monoisotopic (exact) mass is 350 g/mol. The quantitative estimate of drug-likeness (QED) is 0.854. The molecule has 1 fully saturated rings. The first-order valence-corrected chi connectivity index (χ1v) is 9.81. The normalized spacial score (nSPS) is 17.3. The number of hydrogen-bond acceptors (Lipinski definition) is 3. The van der Waals surface area contributed by atoms with Crippen LogP contribution in [0.1, 0.15) is 66.6 Å². The molecule has 1 aromatic carbocycles. The molecule has 0 unspecified atom stereocenters. The number of anilines is 1. The van der Waals surface area contributed by atoms with Crippen LogP contribution in [-0.2, 0) is 6.42 Å². The van der Waals surface area contributed by atoms with E-state index in [1.54, 1.807) is 0 Å². The van der Waals surface area contributed by atoms with Gasteiger partial charge in [-0.25, -0.2) is 9.78 Å². The van der Waals surface area contributed by atoms with Crippen molar-refractivity contribution in [2.45, 2.75) is 51.4 Å². The topological polar surface area (TPSA) is 53.4 Å². The van der Waals surface area contributed by atoms with E-state index in [1.807, 2.05) is 30.3 Å². The summed E-state index contributed by atoms with van der Waals surface area (Å²) in [4.78, 5) is 19.7. The lowest BCUT2D eigenvalue weighted by atomic mass is 9.86. The highest BCUT2D eigenvalue weighted by Gasteiger charge is 2.32. The van der Waals surface area contributed by atoms with Crippen LogP contribution in [0.15, 0.2) is 30.3 Å². The lowest BCUT2D eigenvalue weighted by Gasteiger charge is -2.33. The molecule has 4 heteroatoms. The summed E-state index contributed by atoms with van der Waals surface area (Å²) in [7, 11) is 0. The van der Waals surface area contributed by atoms with Crippen LogP contribution in [0.5, 0.6) is 0 Å². The number of hydrogen-bond donors (Lipinski definition) is 1. The third-order valence-electron chi connectivity index (χ3n) is 5.86. The van der Waals surface area contributed by atoms with Crippen molar-refractivity contribution in [3.63, 3.8) is 0 Å². The van der Waals surface area contributed by atoms with Crippen molar-refractivity contribution in [2.75, 3.05) is 18.0 Å². The molecule has 0 spiro atoms. The number of carbonyl (C=O) groups is 1. The molecule has 0 saturated heterocycles. The van der Waals surface area contributed by atoms with Crippen molar-refractivity contribution in [3.8, 4) is 11.1 Å². The van der Waals surface area contributed by atoms with Gasteiger partial charge in [0.05, 0.1) is 11.3 Å². The first-order valence-electron chi connectivity index (χ1n) is 9.81. The number of pyridine rings is 1. The average molecular weight is 350 g/mol. The van der Waals surface area contributed by atoms with Crippen LogP contribution in [0.2, 0.25) is 0 Å². The molecule has 0 amide bonds. The number of carboxylic acid groups (broad SMARTS) is 1. The fraction of sp³-hybridized carbons (Fsp3) is 0.455. The zero-order valence-electron chi connectivity index (χ0n) is 15.4. The lowest BCUT2D eigenvalue weighted by molar-refractivity contribution is 0.0695. The van der Waals surface area contributed by atoms with E-state index in [2.05, 4.69) is 11.8 Å². The number of fused-ring (bicyclic) bond motifs is 1. The van der Waals surface area contributed by atoms with Crippen LogP contribution in [0.4, 0.5) is 5.82 Å². The van der Waals surface area contributed by atoms with Gasteiger partial charge in [0, 0.05) is 30.1 Å². The van der Waals surface area contributed by atoms with Crippen molar-refractivity contribution in [3.05, 3.63) is 47.2 Å². The van der Waals surface area contributed by atoms with Gasteiger partial charge in [0.2, 0.25) is 0 Å². The van der Waals surface area contributed by atoms with E-state index in [1.165, 1.54) is 12.8 Å². The van der Waals surface area contributed by atoms with Crippen molar-refractivity contribution in [1.82, 2.24) is 4.98 Å². The molecule has 4 nitrogen and oxygen atoms in total. The maximum atomic E-state index is 12.4. The van der Waals surface area contributed by atoms with Gasteiger partial charge >= 0.3 is 5.97 Å². The second kappa shape index (κ2) is 7.10. The molecule has 1 aromatic heterocycles. The highest BCUT2D eigenvalue weighted by Crippen LogP contribution is 2.43. The molecule has 2 aliphatic rings. The lowest BCUT2D eigenvalue weighted by Crippen LogP contribution is -2.31. The Labute approximate surface area is 154 Å². The van der Waals surface area contributed by atoms with Gasteiger partial charge in [0.1, 0.15) is 5.82 Å². The zero-order chi connectivity index (χ0) is 18.1. The molecule has 1 saturated carbocycles. The number of aromatic nitrogens is 1. The predicted molar refractivity (Wildman–Crippen MR) is 104 cm³/mol. The summed E-state index contributed by atoms with van der Waals surface area (Å²) < 4.78 is 0. The van der Waals surface area contributed by atoms with E-state index in [0.717, 1.165) is 67.0 Å². The summed E-state index contributed by atoms with van der Waals surface area (Å²) in [5.74, 6) is 0.452. The molecular weight excluding hydrogens is 324 g/mol. The molecule has 1 N–H and O–H groups in total. The fourth-order valence-electron chi connectivity index (χ4n) is 4.62. The largest absolute Gasteiger partial charge is 0.478 e. The second-order valence-electron chi connectivity index (χ2n) is 7.38. The highest BCUT2D eigenvalue weighted by atomic mass is 16.4.